The minimum absolute atomic E-state index is 0.0895. The summed E-state index contributed by atoms with van der Waals surface area (Å²) in [5, 5.41) is 0. The van der Waals surface area contributed by atoms with Gasteiger partial charge >= 0.3 is 0 Å². The van der Waals surface area contributed by atoms with Crippen molar-refractivity contribution >= 4 is 5.78 Å². The lowest BCUT2D eigenvalue weighted by molar-refractivity contribution is -0.127. The van der Waals surface area contributed by atoms with Gasteiger partial charge in [0.25, 0.3) is 0 Å². The third-order valence-corrected chi connectivity index (χ3v) is 4.05. The third kappa shape index (κ3) is 2.17. The number of hydrogen-bond acceptors (Lipinski definition) is 2. The molecule has 1 fully saturated rings. The molecule has 0 heterocycles. The van der Waals surface area contributed by atoms with Crippen molar-refractivity contribution in [2.75, 3.05) is 0 Å². The Morgan fingerprint density at radius 3 is 2.83 bits per heavy atom. The zero-order valence-electron chi connectivity index (χ0n) is 10.4. The smallest absolute Gasteiger partial charge is 0.162 e. The molecule has 1 aliphatic rings. The van der Waals surface area contributed by atoms with E-state index in [1.54, 1.807) is 0 Å². The fraction of sp³-hybridized carbons (Fsp3) is 0.500. The second-order valence-electron chi connectivity index (χ2n) is 5.23. The van der Waals surface area contributed by atoms with Crippen LogP contribution in [0.2, 0.25) is 0 Å². The van der Waals surface area contributed by atoms with Crippen LogP contribution in [-0.4, -0.2) is 11.8 Å². The van der Waals surface area contributed by atoms with E-state index in [2.05, 4.69) is 0 Å². The molecule has 0 aliphatic heterocycles. The largest absolute Gasteiger partial charge is 0.327 e. The van der Waals surface area contributed by atoms with Crippen LogP contribution in [0.25, 0.3) is 0 Å². The quantitative estimate of drug-likeness (QED) is 0.899. The van der Waals surface area contributed by atoms with Crippen molar-refractivity contribution < 1.29 is 13.6 Å². The molecule has 2 atom stereocenters. The summed E-state index contributed by atoms with van der Waals surface area (Å²) in [5.74, 6) is -1.95. The molecule has 2 N–H and O–H groups in total. The fourth-order valence-electron chi connectivity index (χ4n) is 2.60. The Kier molecular flexibility index (Phi) is 3.48. The van der Waals surface area contributed by atoms with Crippen molar-refractivity contribution in [1.29, 1.82) is 0 Å². The molecule has 18 heavy (non-hydrogen) atoms. The molecular weight excluding hydrogens is 236 g/mol. The van der Waals surface area contributed by atoms with Gasteiger partial charge in [-0.25, -0.2) is 8.78 Å². The molecule has 98 valence electrons. The molecule has 4 heteroatoms. The first-order chi connectivity index (χ1) is 8.45. The highest BCUT2D eigenvalue weighted by atomic mass is 19.2. The van der Waals surface area contributed by atoms with Crippen LogP contribution in [0.3, 0.4) is 0 Å². The van der Waals surface area contributed by atoms with Gasteiger partial charge in [-0.1, -0.05) is 25.5 Å². The molecule has 0 spiro atoms. The number of carbonyl (C=O) groups is 1. The van der Waals surface area contributed by atoms with Crippen molar-refractivity contribution in [2.24, 2.45) is 11.1 Å². The SMILES string of the molecule is CC1(C(=O)Cc2cccc(F)c2F)CCCC1N. The van der Waals surface area contributed by atoms with Crippen molar-refractivity contribution in [2.45, 2.75) is 38.6 Å². The average Bonchev–Trinajstić information content (AvgIpc) is 2.67. The molecular formula is C14H17F2NO. The maximum absolute atomic E-state index is 13.5. The Hall–Kier alpha value is -1.29. The van der Waals surface area contributed by atoms with Gasteiger partial charge in [-0.05, 0) is 24.5 Å². The zero-order chi connectivity index (χ0) is 13.3. The maximum Gasteiger partial charge on any atom is 0.162 e. The Balaban J connectivity index is 2.19. The second-order valence-corrected chi connectivity index (χ2v) is 5.23. The molecule has 0 bridgehead atoms. The van der Waals surface area contributed by atoms with E-state index in [9.17, 15) is 13.6 Å². The molecule has 1 aromatic carbocycles. The Morgan fingerprint density at radius 2 is 2.22 bits per heavy atom. The van der Waals surface area contributed by atoms with E-state index in [0.717, 1.165) is 25.3 Å². The van der Waals surface area contributed by atoms with Gasteiger partial charge in [0, 0.05) is 17.9 Å². The van der Waals surface area contributed by atoms with Crippen molar-refractivity contribution in [3.8, 4) is 0 Å². The van der Waals surface area contributed by atoms with Gasteiger partial charge in [-0.2, -0.15) is 0 Å². The highest BCUT2D eigenvalue weighted by Gasteiger charge is 2.42. The lowest BCUT2D eigenvalue weighted by Crippen LogP contribution is -2.42. The van der Waals surface area contributed by atoms with Gasteiger partial charge in [-0.3, -0.25) is 4.79 Å². The van der Waals surface area contributed by atoms with E-state index in [-0.39, 0.29) is 23.8 Å². The minimum Gasteiger partial charge on any atom is -0.327 e. The molecule has 1 aliphatic carbocycles. The Morgan fingerprint density at radius 1 is 1.50 bits per heavy atom. The molecule has 0 amide bonds. The number of benzene rings is 1. The molecule has 2 rings (SSSR count). The first kappa shape index (κ1) is 13.1. The standard InChI is InChI=1S/C14H17F2NO/c1-14(7-3-6-11(14)17)12(18)8-9-4-2-5-10(15)13(9)16/h2,4-5,11H,3,6-8,17H2,1H3. The molecule has 0 radical (unpaired) electrons. The van der Waals surface area contributed by atoms with Crippen molar-refractivity contribution in [1.82, 2.24) is 0 Å². The molecule has 2 nitrogen and oxygen atoms in total. The van der Waals surface area contributed by atoms with Gasteiger partial charge in [0.1, 0.15) is 5.78 Å². The highest BCUT2D eigenvalue weighted by Crippen LogP contribution is 2.38. The van der Waals surface area contributed by atoms with E-state index >= 15 is 0 Å². The van der Waals surface area contributed by atoms with Gasteiger partial charge in [-0.15, -0.1) is 0 Å². The van der Waals surface area contributed by atoms with E-state index in [1.807, 2.05) is 6.92 Å². The molecule has 1 aromatic rings. The number of nitrogens with two attached hydrogens (primary N) is 1. The van der Waals surface area contributed by atoms with Crippen LogP contribution in [0.15, 0.2) is 18.2 Å². The van der Waals surface area contributed by atoms with Crippen LogP contribution < -0.4 is 5.73 Å². The van der Waals surface area contributed by atoms with E-state index in [1.165, 1.54) is 12.1 Å². The molecule has 0 aromatic heterocycles. The van der Waals surface area contributed by atoms with Gasteiger partial charge in [0.05, 0.1) is 0 Å². The van der Waals surface area contributed by atoms with Crippen LogP contribution in [0, 0.1) is 17.0 Å². The summed E-state index contributed by atoms with van der Waals surface area (Å²) in [7, 11) is 0. The Labute approximate surface area is 105 Å². The topological polar surface area (TPSA) is 43.1 Å². The summed E-state index contributed by atoms with van der Waals surface area (Å²) in [4.78, 5) is 12.2. The molecule has 0 saturated heterocycles. The van der Waals surface area contributed by atoms with Crippen LogP contribution in [-0.2, 0) is 11.2 Å². The predicted octanol–water partition coefficient (Wildman–Crippen LogP) is 2.59. The van der Waals surface area contributed by atoms with Crippen molar-refractivity contribution in [3.05, 3.63) is 35.4 Å². The van der Waals surface area contributed by atoms with Gasteiger partial charge < -0.3 is 5.73 Å². The first-order valence-electron chi connectivity index (χ1n) is 6.17. The normalized spacial score (nSPS) is 27.4. The van der Waals surface area contributed by atoms with E-state index < -0.39 is 17.0 Å². The Bertz CT molecular complexity index is 475. The number of ketones is 1. The lowest BCUT2D eigenvalue weighted by Gasteiger charge is -2.27. The van der Waals surface area contributed by atoms with Crippen LogP contribution >= 0.6 is 0 Å². The van der Waals surface area contributed by atoms with E-state index in [4.69, 9.17) is 5.73 Å². The van der Waals surface area contributed by atoms with E-state index in [0.29, 0.717) is 0 Å². The van der Waals surface area contributed by atoms with Crippen molar-refractivity contribution in [3.63, 3.8) is 0 Å². The summed E-state index contributed by atoms with van der Waals surface area (Å²) in [6.45, 7) is 1.82. The number of carbonyl (C=O) groups excluding carboxylic acids is 1. The zero-order valence-corrected chi connectivity index (χ0v) is 10.4. The summed E-state index contributed by atoms with van der Waals surface area (Å²) in [5.41, 5.74) is 5.46. The van der Waals surface area contributed by atoms with Gasteiger partial charge in [0.15, 0.2) is 11.6 Å². The lowest BCUT2D eigenvalue weighted by atomic mass is 9.78. The summed E-state index contributed by atoms with van der Waals surface area (Å²) in [6.07, 6.45) is 2.36. The fourth-order valence-corrected chi connectivity index (χ4v) is 2.60. The first-order valence-corrected chi connectivity index (χ1v) is 6.17. The summed E-state index contributed by atoms with van der Waals surface area (Å²) in [6, 6.07) is 3.73. The summed E-state index contributed by atoms with van der Waals surface area (Å²) >= 11 is 0. The summed E-state index contributed by atoms with van der Waals surface area (Å²) < 4.78 is 26.6. The maximum atomic E-state index is 13.5. The second kappa shape index (κ2) is 4.76. The number of halogens is 2. The number of hydrogen-bond donors (Lipinski definition) is 1. The molecule has 1 saturated carbocycles. The molecule has 2 unspecified atom stereocenters. The van der Waals surface area contributed by atoms with Crippen LogP contribution in [0.5, 0.6) is 0 Å². The van der Waals surface area contributed by atoms with Crippen LogP contribution in [0.1, 0.15) is 31.7 Å². The highest BCUT2D eigenvalue weighted by molar-refractivity contribution is 5.87. The third-order valence-electron chi connectivity index (χ3n) is 4.05. The predicted molar refractivity (Wildman–Crippen MR) is 65.0 cm³/mol. The number of rotatable bonds is 3. The van der Waals surface area contributed by atoms with Gasteiger partial charge in [0.2, 0.25) is 0 Å². The minimum atomic E-state index is -0.930. The monoisotopic (exact) mass is 253 g/mol. The number of Topliss-reactive ketones (excluding diaryl/α,β-unsaturated/α-hetero) is 1. The average molecular weight is 253 g/mol. The van der Waals surface area contributed by atoms with Crippen LogP contribution in [0.4, 0.5) is 8.78 Å².